The third-order valence-corrected chi connectivity index (χ3v) is 7.92. The van der Waals surface area contributed by atoms with Crippen molar-refractivity contribution in [1.29, 1.82) is 0 Å². The fourth-order valence-electron chi connectivity index (χ4n) is 6.23. The second-order valence-corrected chi connectivity index (χ2v) is 9.62. The number of anilines is 3. The molecule has 2 bridgehead atoms. The minimum Gasteiger partial charge on any atom is -0.497 e. The predicted octanol–water partition coefficient (Wildman–Crippen LogP) is 3.24. The molecule has 9 heteroatoms. The Bertz CT molecular complexity index is 1220. The lowest BCUT2D eigenvalue weighted by Gasteiger charge is -2.37. The van der Waals surface area contributed by atoms with Gasteiger partial charge in [0.15, 0.2) is 0 Å². The summed E-state index contributed by atoms with van der Waals surface area (Å²) in [5, 5.41) is 12.0. The van der Waals surface area contributed by atoms with Crippen molar-refractivity contribution in [3.05, 3.63) is 64.7 Å². The molecule has 2 aliphatic heterocycles. The van der Waals surface area contributed by atoms with Crippen molar-refractivity contribution < 1.29 is 19.2 Å². The number of amides is 2. The molecule has 2 aliphatic carbocycles. The monoisotopic (exact) mass is 474 g/mol. The highest BCUT2D eigenvalue weighted by Crippen LogP contribution is 2.53. The van der Waals surface area contributed by atoms with Crippen LogP contribution in [0.4, 0.5) is 22.7 Å². The number of allylic oxidation sites excluding steroid dienone is 2. The van der Waals surface area contributed by atoms with Crippen molar-refractivity contribution >= 4 is 34.6 Å². The zero-order chi connectivity index (χ0) is 24.3. The number of hydrogen-bond acceptors (Lipinski definition) is 7. The summed E-state index contributed by atoms with van der Waals surface area (Å²) in [7, 11) is 1.64. The molecule has 2 aromatic carbocycles. The Morgan fingerprint density at radius 1 is 0.886 bits per heavy atom. The molecule has 180 valence electrons. The Kier molecular flexibility index (Phi) is 5.01. The molecule has 2 amide bonds. The SMILES string of the molecule is COc1cccc(N2CCN(c3ccc(N4C(=O)[C@@H]5[C@H](C4=O)[C@H]4C=C[C@H]5C4)cc3[N+](=O)[O-])CC2)c1. The smallest absolute Gasteiger partial charge is 0.294 e. The second kappa shape index (κ2) is 8.11. The van der Waals surface area contributed by atoms with Crippen LogP contribution in [0.2, 0.25) is 0 Å². The van der Waals surface area contributed by atoms with Crippen LogP contribution in [0.25, 0.3) is 0 Å². The highest BCUT2D eigenvalue weighted by molar-refractivity contribution is 6.23. The summed E-state index contributed by atoms with van der Waals surface area (Å²) in [5.41, 5.74) is 1.76. The number of ether oxygens (including phenoxy) is 1. The van der Waals surface area contributed by atoms with Crippen molar-refractivity contribution in [2.45, 2.75) is 6.42 Å². The first-order chi connectivity index (χ1) is 17.0. The zero-order valence-corrected chi connectivity index (χ0v) is 19.4. The number of hydrogen-bond donors (Lipinski definition) is 0. The molecule has 0 N–H and O–H groups in total. The fourth-order valence-corrected chi connectivity index (χ4v) is 6.23. The number of nitro groups is 1. The normalized spacial score (nSPS) is 27.1. The van der Waals surface area contributed by atoms with Crippen LogP contribution in [-0.4, -0.2) is 50.0 Å². The van der Waals surface area contributed by atoms with Crippen LogP contribution in [0.15, 0.2) is 54.6 Å². The van der Waals surface area contributed by atoms with E-state index in [1.54, 1.807) is 19.2 Å². The van der Waals surface area contributed by atoms with Gasteiger partial charge in [0.2, 0.25) is 11.8 Å². The van der Waals surface area contributed by atoms with E-state index in [9.17, 15) is 19.7 Å². The third-order valence-electron chi connectivity index (χ3n) is 7.92. The van der Waals surface area contributed by atoms with E-state index < -0.39 is 4.92 Å². The van der Waals surface area contributed by atoms with Crippen LogP contribution in [0.1, 0.15) is 6.42 Å². The lowest BCUT2D eigenvalue weighted by atomic mass is 9.85. The number of carbonyl (C=O) groups is 2. The van der Waals surface area contributed by atoms with Crippen LogP contribution in [0, 0.1) is 33.8 Å². The molecule has 4 aliphatic rings. The van der Waals surface area contributed by atoms with Gasteiger partial charge in [-0.15, -0.1) is 0 Å². The Hall–Kier alpha value is -3.88. The first-order valence-electron chi connectivity index (χ1n) is 11.9. The number of carbonyl (C=O) groups excluding carboxylic acids is 2. The Labute approximate surface area is 202 Å². The van der Waals surface area contributed by atoms with E-state index in [0.717, 1.165) is 17.9 Å². The molecule has 2 saturated heterocycles. The van der Waals surface area contributed by atoms with E-state index in [0.29, 0.717) is 37.6 Å². The highest BCUT2D eigenvalue weighted by Gasteiger charge is 2.59. The topological polar surface area (TPSA) is 96.2 Å². The molecule has 0 unspecified atom stereocenters. The number of methoxy groups -OCH3 is 1. The Morgan fingerprint density at radius 3 is 2.17 bits per heavy atom. The first kappa shape index (κ1) is 21.6. The summed E-state index contributed by atoms with van der Waals surface area (Å²) in [4.78, 5) is 43.3. The Morgan fingerprint density at radius 2 is 1.54 bits per heavy atom. The maximum absolute atomic E-state index is 13.1. The molecular weight excluding hydrogens is 448 g/mol. The lowest BCUT2D eigenvalue weighted by Crippen LogP contribution is -2.46. The van der Waals surface area contributed by atoms with Gasteiger partial charge in [-0.25, -0.2) is 4.90 Å². The summed E-state index contributed by atoms with van der Waals surface area (Å²) in [5.74, 6) is -0.142. The van der Waals surface area contributed by atoms with Crippen molar-refractivity contribution in [1.82, 2.24) is 0 Å². The minimum atomic E-state index is -0.426. The van der Waals surface area contributed by atoms with Crippen LogP contribution < -0.4 is 19.4 Å². The van der Waals surface area contributed by atoms with Gasteiger partial charge in [0.25, 0.3) is 5.69 Å². The molecule has 0 spiro atoms. The molecule has 1 saturated carbocycles. The van der Waals surface area contributed by atoms with Crippen LogP contribution in [0.3, 0.4) is 0 Å². The summed E-state index contributed by atoms with van der Waals surface area (Å²) in [6.45, 7) is 2.62. The van der Waals surface area contributed by atoms with Gasteiger partial charge in [0.05, 0.1) is 29.6 Å². The van der Waals surface area contributed by atoms with Gasteiger partial charge in [-0.05, 0) is 42.5 Å². The van der Waals surface area contributed by atoms with Crippen LogP contribution in [0.5, 0.6) is 5.75 Å². The number of benzene rings is 2. The van der Waals surface area contributed by atoms with Crippen molar-refractivity contribution in [2.24, 2.45) is 23.7 Å². The van der Waals surface area contributed by atoms with Gasteiger partial charge >= 0.3 is 0 Å². The summed E-state index contributed by atoms with van der Waals surface area (Å²) < 4.78 is 5.32. The maximum atomic E-state index is 13.1. The maximum Gasteiger partial charge on any atom is 0.294 e. The third kappa shape index (κ3) is 3.37. The fraction of sp³-hybridized carbons (Fsp3) is 0.385. The predicted molar refractivity (Wildman–Crippen MR) is 131 cm³/mol. The van der Waals surface area contributed by atoms with Gasteiger partial charge in [-0.1, -0.05) is 18.2 Å². The van der Waals surface area contributed by atoms with Gasteiger partial charge in [0, 0.05) is 44.0 Å². The van der Waals surface area contributed by atoms with Gasteiger partial charge in [-0.3, -0.25) is 19.7 Å². The number of nitro benzene ring substituents is 1. The molecule has 35 heavy (non-hydrogen) atoms. The van der Waals surface area contributed by atoms with E-state index in [4.69, 9.17) is 4.74 Å². The average Bonchev–Trinajstić information content (AvgIpc) is 3.57. The molecule has 9 nitrogen and oxygen atoms in total. The number of fused-ring (bicyclic) bond motifs is 5. The number of rotatable bonds is 5. The molecule has 6 rings (SSSR count). The van der Waals surface area contributed by atoms with E-state index in [-0.39, 0.29) is 41.2 Å². The number of piperazine rings is 1. The molecule has 3 fully saturated rings. The first-order valence-corrected chi connectivity index (χ1v) is 11.9. The van der Waals surface area contributed by atoms with E-state index >= 15 is 0 Å². The molecule has 0 aromatic heterocycles. The van der Waals surface area contributed by atoms with E-state index in [2.05, 4.69) is 4.90 Å². The van der Waals surface area contributed by atoms with Gasteiger partial charge in [0.1, 0.15) is 11.4 Å². The van der Waals surface area contributed by atoms with Crippen molar-refractivity contribution in [3.63, 3.8) is 0 Å². The largest absolute Gasteiger partial charge is 0.497 e. The molecule has 2 aromatic rings. The number of imide groups is 1. The van der Waals surface area contributed by atoms with Gasteiger partial charge < -0.3 is 14.5 Å². The quantitative estimate of drug-likeness (QED) is 0.284. The van der Waals surface area contributed by atoms with E-state index in [1.807, 2.05) is 41.3 Å². The average molecular weight is 475 g/mol. The molecular formula is C26H26N4O5. The summed E-state index contributed by atoms with van der Waals surface area (Å²) >= 11 is 0. The van der Waals surface area contributed by atoms with Gasteiger partial charge in [-0.2, -0.15) is 0 Å². The molecule has 0 radical (unpaired) electrons. The summed E-state index contributed by atoms with van der Waals surface area (Å²) in [6.07, 6.45) is 4.93. The highest BCUT2D eigenvalue weighted by atomic mass is 16.6. The van der Waals surface area contributed by atoms with Crippen molar-refractivity contribution in [2.75, 3.05) is 48.0 Å². The van der Waals surface area contributed by atoms with Crippen molar-refractivity contribution in [3.8, 4) is 5.75 Å². The second-order valence-electron chi connectivity index (χ2n) is 9.62. The standard InChI is InChI=1S/C26H26N4O5/c1-35-20-4-2-3-18(14-20)27-9-11-28(12-10-27)21-8-7-19(15-22(21)30(33)34)29-25(31)23-16-5-6-17(13-16)24(23)26(29)32/h2-8,14-17,23-24H,9-13H2,1H3/t16-,17-,23-,24+/m0/s1. The van der Waals surface area contributed by atoms with Crippen LogP contribution >= 0.6 is 0 Å². The molecule has 4 atom stereocenters. The van der Waals surface area contributed by atoms with Crippen LogP contribution in [-0.2, 0) is 9.59 Å². The zero-order valence-electron chi connectivity index (χ0n) is 19.4. The lowest BCUT2D eigenvalue weighted by molar-refractivity contribution is -0.384. The minimum absolute atomic E-state index is 0.0870. The van der Waals surface area contributed by atoms with E-state index in [1.165, 1.54) is 11.0 Å². The number of nitrogens with zero attached hydrogens (tertiary/aromatic N) is 4. The Balaban J connectivity index is 1.23. The summed E-state index contributed by atoms with van der Waals surface area (Å²) in [6, 6.07) is 12.6. The molecule has 2 heterocycles.